The van der Waals surface area contributed by atoms with Gasteiger partial charge in [-0.2, -0.15) is 0 Å². The molecule has 0 aromatic carbocycles. The molecule has 0 saturated heterocycles. The largest absolute Gasteiger partial charge is 0.306 e. The van der Waals surface area contributed by atoms with Gasteiger partial charge in [-0.1, -0.05) is 13.8 Å². The summed E-state index contributed by atoms with van der Waals surface area (Å²) in [5, 5.41) is 0. The molecule has 0 spiro atoms. The lowest BCUT2D eigenvalue weighted by atomic mass is 10.1. The summed E-state index contributed by atoms with van der Waals surface area (Å²) in [5.41, 5.74) is 1.83. The second kappa shape index (κ2) is 4.67. The average molecular weight is 271 g/mol. The monoisotopic (exact) mass is 271 g/mol. The van der Waals surface area contributed by atoms with Gasteiger partial charge >= 0.3 is 0 Å². The number of fused-ring (bicyclic) bond motifs is 3. The Bertz CT molecular complexity index is 883. The lowest BCUT2D eigenvalue weighted by Crippen LogP contribution is -2.24. The van der Waals surface area contributed by atoms with Gasteiger partial charge in [-0.3, -0.25) is 14.0 Å². The molecule has 0 atom stereocenters. The van der Waals surface area contributed by atoms with Gasteiger partial charge in [0.2, 0.25) is 5.56 Å². The van der Waals surface area contributed by atoms with Crippen LogP contribution >= 0.6 is 0 Å². The molecule has 3 rings (SSSR count). The normalized spacial score (nSPS) is 11.8. The first-order valence-corrected chi connectivity index (χ1v) is 6.81. The molecule has 1 N–H and O–H groups in total. The van der Waals surface area contributed by atoms with Gasteiger partial charge in [0.25, 0.3) is 5.56 Å². The summed E-state index contributed by atoms with van der Waals surface area (Å²) in [6.45, 7) is 4.91. The summed E-state index contributed by atoms with van der Waals surface area (Å²) in [5.74, 6) is 0.516. The summed E-state index contributed by atoms with van der Waals surface area (Å²) in [7, 11) is 0. The number of nitrogens with one attached hydrogen (secondary N) is 1. The van der Waals surface area contributed by atoms with E-state index in [1.807, 2.05) is 6.07 Å². The zero-order chi connectivity index (χ0) is 14.3. The maximum atomic E-state index is 12.6. The second-order valence-electron chi connectivity index (χ2n) is 5.46. The molecule has 3 heterocycles. The standard InChI is InChI=1S/C15H17N3O2/c1-10(2)7-9-18-11-5-6-13(19)16-14(11)17-8-3-4-12(17)15(18)20/h3-6,8,10H,7,9H2,1-2H3,(H,16,19). The van der Waals surface area contributed by atoms with E-state index < -0.39 is 0 Å². The Balaban J connectivity index is 2.37. The number of nitrogens with zero attached hydrogens (tertiary/aromatic N) is 2. The van der Waals surface area contributed by atoms with Crippen molar-refractivity contribution in [3.63, 3.8) is 0 Å². The van der Waals surface area contributed by atoms with Gasteiger partial charge in [0, 0.05) is 18.8 Å². The summed E-state index contributed by atoms with van der Waals surface area (Å²) in [6, 6.07) is 6.77. The van der Waals surface area contributed by atoms with Crippen molar-refractivity contribution in [2.24, 2.45) is 5.92 Å². The number of H-pyrrole nitrogens is 1. The van der Waals surface area contributed by atoms with Crippen molar-refractivity contribution in [2.45, 2.75) is 26.8 Å². The molecule has 3 aromatic rings. The van der Waals surface area contributed by atoms with Crippen molar-refractivity contribution in [1.29, 1.82) is 0 Å². The molecule has 5 nitrogen and oxygen atoms in total. The predicted octanol–water partition coefficient (Wildman–Crippen LogP) is 1.99. The van der Waals surface area contributed by atoms with E-state index in [-0.39, 0.29) is 11.1 Å². The van der Waals surface area contributed by atoms with Crippen LogP contribution in [-0.4, -0.2) is 14.0 Å². The van der Waals surface area contributed by atoms with Gasteiger partial charge in [-0.25, -0.2) is 0 Å². The van der Waals surface area contributed by atoms with E-state index >= 15 is 0 Å². The molecule has 0 fully saturated rings. The number of rotatable bonds is 3. The van der Waals surface area contributed by atoms with Gasteiger partial charge in [0.1, 0.15) is 11.2 Å². The molecule has 20 heavy (non-hydrogen) atoms. The molecule has 0 aliphatic rings. The van der Waals surface area contributed by atoms with Crippen molar-refractivity contribution >= 4 is 16.7 Å². The highest BCUT2D eigenvalue weighted by molar-refractivity contribution is 5.74. The van der Waals surface area contributed by atoms with E-state index in [0.29, 0.717) is 23.6 Å². The molecule has 104 valence electrons. The molecule has 0 amide bonds. The van der Waals surface area contributed by atoms with Crippen LogP contribution in [0.3, 0.4) is 0 Å². The highest BCUT2D eigenvalue weighted by Crippen LogP contribution is 2.13. The first-order chi connectivity index (χ1) is 9.58. The van der Waals surface area contributed by atoms with Crippen LogP contribution in [0.25, 0.3) is 16.7 Å². The molecular formula is C15H17N3O2. The highest BCUT2D eigenvalue weighted by atomic mass is 16.1. The smallest absolute Gasteiger partial charge is 0.275 e. The van der Waals surface area contributed by atoms with Crippen molar-refractivity contribution in [2.75, 3.05) is 0 Å². The Hall–Kier alpha value is -2.30. The van der Waals surface area contributed by atoms with E-state index in [2.05, 4.69) is 18.8 Å². The molecule has 3 aromatic heterocycles. The Morgan fingerprint density at radius 1 is 1.15 bits per heavy atom. The summed E-state index contributed by atoms with van der Waals surface area (Å²) >= 11 is 0. The minimum absolute atomic E-state index is 0.0183. The Morgan fingerprint density at radius 3 is 2.70 bits per heavy atom. The Morgan fingerprint density at radius 2 is 1.95 bits per heavy atom. The number of aromatic nitrogens is 3. The van der Waals surface area contributed by atoms with Gasteiger partial charge in [-0.05, 0) is 30.5 Å². The van der Waals surface area contributed by atoms with Crippen LogP contribution in [0.5, 0.6) is 0 Å². The Labute approximate surface area is 115 Å². The Kier molecular flexibility index (Phi) is 2.97. The lowest BCUT2D eigenvalue weighted by Gasteiger charge is -2.13. The van der Waals surface area contributed by atoms with Crippen molar-refractivity contribution < 1.29 is 0 Å². The zero-order valence-electron chi connectivity index (χ0n) is 11.6. The quantitative estimate of drug-likeness (QED) is 0.792. The third-order valence-corrected chi connectivity index (χ3v) is 3.55. The van der Waals surface area contributed by atoms with Gasteiger partial charge in [0.15, 0.2) is 0 Å². The molecule has 0 bridgehead atoms. The van der Waals surface area contributed by atoms with Crippen LogP contribution in [0.2, 0.25) is 0 Å². The molecule has 5 heteroatoms. The fourth-order valence-corrected chi connectivity index (χ4v) is 2.46. The minimum Gasteiger partial charge on any atom is -0.306 e. The van der Waals surface area contributed by atoms with Gasteiger partial charge in [-0.15, -0.1) is 0 Å². The maximum Gasteiger partial charge on any atom is 0.275 e. The van der Waals surface area contributed by atoms with Crippen LogP contribution in [-0.2, 0) is 6.54 Å². The van der Waals surface area contributed by atoms with Crippen molar-refractivity contribution in [3.8, 4) is 0 Å². The second-order valence-corrected chi connectivity index (χ2v) is 5.46. The zero-order valence-corrected chi connectivity index (χ0v) is 11.6. The molecule has 0 saturated carbocycles. The fraction of sp³-hybridized carbons (Fsp3) is 0.333. The first kappa shape index (κ1) is 12.7. The van der Waals surface area contributed by atoms with Crippen LogP contribution in [0.4, 0.5) is 0 Å². The van der Waals surface area contributed by atoms with Gasteiger partial charge < -0.3 is 9.55 Å². The van der Waals surface area contributed by atoms with E-state index in [1.165, 1.54) is 6.07 Å². The minimum atomic E-state index is -0.165. The third-order valence-electron chi connectivity index (χ3n) is 3.55. The van der Waals surface area contributed by atoms with Crippen LogP contribution in [0.15, 0.2) is 40.1 Å². The molecule has 0 radical (unpaired) electrons. The van der Waals surface area contributed by atoms with E-state index in [0.717, 1.165) is 11.9 Å². The number of aryl methyl sites for hydroxylation is 1. The van der Waals surface area contributed by atoms with Crippen LogP contribution in [0.1, 0.15) is 20.3 Å². The van der Waals surface area contributed by atoms with Crippen LogP contribution in [0, 0.1) is 5.92 Å². The van der Waals surface area contributed by atoms with E-state index in [4.69, 9.17) is 0 Å². The van der Waals surface area contributed by atoms with Crippen molar-refractivity contribution in [1.82, 2.24) is 14.0 Å². The average Bonchev–Trinajstić information content (AvgIpc) is 2.88. The van der Waals surface area contributed by atoms with Crippen LogP contribution < -0.4 is 11.1 Å². The third kappa shape index (κ3) is 1.95. The summed E-state index contributed by atoms with van der Waals surface area (Å²) < 4.78 is 3.49. The fourth-order valence-electron chi connectivity index (χ4n) is 2.46. The topological polar surface area (TPSA) is 59.3 Å². The maximum absolute atomic E-state index is 12.6. The van der Waals surface area contributed by atoms with E-state index in [9.17, 15) is 9.59 Å². The summed E-state index contributed by atoms with van der Waals surface area (Å²) in [6.07, 6.45) is 2.72. The first-order valence-electron chi connectivity index (χ1n) is 6.81. The van der Waals surface area contributed by atoms with Gasteiger partial charge in [0.05, 0.1) is 5.52 Å². The molecule has 0 aliphatic heterocycles. The SMILES string of the molecule is CC(C)CCn1c(=O)c2cccn2c2[nH]c(=O)ccc21. The number of aromatic amines is 1. The highest BCUT2D eigenvalue weighted by Gasteiger charge is 2.11. The van der Waals surface area contributed by atoms with Crippen molar-refractivity contribution in [3.05, 3.63) is 51.2 Å². The molecular weight excluding hydrogens is 254 g/mol. The molecule has 0 aliphatic carbocycles. The van der Waals surface area contributed by atoms with E-state index in [1.54, 1.807) is 27.3 Å². The predicted molar refractivity (Wildman–Crippen MR) is 79.2 cm³/mol. The number of pyridine rings is 1. The molecule has 0 unspecified atom stereocenters. The summed E-state index contributed by atoms with van der Waals surface area (Å²) in [4.78, 5) is 26.9. The number of hydrogen-bond acceptors (Lipinski definition) is 2. The number of hydrogen-bond donors (Lipinski definition) is 1. The lowest BCUT2D eigenvalue weighted by molar-refractivity contribution is 0.517.